The van der Waals surface area contributed by atoms with Crippen LogP contribution in [0.1, 0.15) is 64.7 Å². The Morgan fingerprint density at radius 1 is 0.815 bits per heavy atom. The Kier molecular flexibility index (Phi) is 6.51. The molecule has 0 saturated carbocycles. The molecule has 0 saturated heterocycles. The molecule has 0 heterocycles. The Bertz CT molecular complexity index is 639. The topological polar surface area (TPSA) is 17.1 Å². The van der Waals surface area contributed by atoms with E-state index >= 15 is 0 Å². The van der Waals surface area contributed by atoms with Crippen LogP contribution in [-0.2, 0) is 23.6 Å². The van der Waals surface area contributed by atoms with Gasteiger partial charge in [0.25, 0.3) is 0 Å². The molecule has 154 valence electrons. The van der Waals surface area contributed by atoms with Gasteiger partial charge >= 0.3 is 12.4 Å². The summed E-state index contributed by atoms with van der Waals surface area (Å²) in [6.07, 6.45) is -9.60. The molecule has 1 rings (SSSR count). The summed E-state index contributed by atoms with van der Waals surface area (Å²) in [5.41, 5.74) is -3.90. The molecular weight excluding hydrogens is 370 g/mol. The number of Topliss-reactive ketones (excluding diaryl/α,β-unsaturated/α-hetero) is 1. The molecule has 0 aliphatic heterocycles. The van der Waals surface area contributed by atoms with E-state index in [0.29, 0.717) is 18.6 Å². The van der Waals surface area contributed by atoms with Crippen molar-refractivity contribution in [1.29, 1.82) is 0 Å². The molecule has 27 heavy (non-hydrogen) atoms. The summed E-state index contributed by atoms with van der Waals surface area (Å²) in [6.45, 7) is 10.7. The minimum atomic E-state index is -4.90. The number of benzene rings is 1. The summed E-state index contributed by atoms with van der Waals surface area (Å²) < 4.78 is 78.3. The van der Waals surface area contributed by atoms with Gasteiger partial charge in [0, 0.05) is 11.3 Å². The maximum atomic E-state index is 13.1. The van der Waals surface area contributed by atoms with Crippen LogP contribution in [0.2, 0.25) is 0 Å². The van der Waals surface area contributed by atoms with Crippen LogP contribution in [0.15, 0.2) is 18.2 Å². The predicted octanol–water partition coefficient (Wildman–Crippen LogP) is 6.93. The van der Waals surface area contributed by atoms with Crippen LogP contribution < -0.4 is 0 Å². The molecule has 7 heteroatoms. The second-order valence-corrected chi connectivity index (χ2v) is 9.19. The van der Waals surface area contributed by atoms with Crippen molar-refractivity contribution >= 4 is 5.78 Å². The van der Waals surface area contributed by atoms with Crippen LogP contribution in [-0.4, -0.2) is 5.78 Å². The molecule has 1 atom stereocenters. The maximum absolute atomic E-state index is 13.1. The van der Waals surface area contributed by atoms with Crippen LogP contribution in [0.4, 0.5) is 26.3 Å². The quantitative estimate of drug-likeness (QED) is 0.504. The third-order valence-corrected chi connectivity index (χ3v) is 4.10. The second kappa shape index (κ2) is 7.47. The lowest BCUT2D eigenvalue weighted by Crippen LogP contribution is -2.32. The number of alkyl halides is 6. The smallest absolute Gasteiger partial charge is 0.299 e. The summed E-state index contributed by atoms with van der Waals surface area (Å²) in [6, 6.07) is 1.52. The highest BCUT2D eigenvalue weighted by Crippen LogP contribution is 2.38. The Hall–Kier alpha value is -1.53. The average Bonchev–Trinajstić information content (AvgIpc) is 2.41. The maximum Gasteiger partial charge on any atom is 0.416 e. The minimum Gasteiger partial charge on any atom is -0.299 e. The molecule has 0 radical (unpaired) electrons. The summed E-state index contributed by atoms with van der Waals surface area (Å²) in [5, 5.41) is 0. The molecule has 0 fully saturated rings. The zero-order valence-electron chi connectivity index (χ0n) is 16.4. The van der Waals surface area contributed by atoms with Gasteiger partial charge in [-0.3, -0.25) is 4.79 Å². The van der Waals surface area contributed by atoms with Gasteiger partial charge in [0.1, 0.15) is 5.78 Å². The predicted molar refractivity (Wildman–Crippen MR) is 92.2 cm³/mol. The molecule has 1 aromatic rings. The van der Waals surface area contributed by atoms with Crippen LogP contribution in [0.5, 0.6) is 0 Å². The summed E-state index contributed by atoms with van der Waals surface area (Å²) in [4.78, 5) is 12.8. The zero-order chi connectivity index (χ0) is 21.4. The van der Waals surface area contributed by atoms with Crippen LogP contribution >= 0.6 is 0 Å². The Morgan fingerprint density at radius 2 is 1.22 bits per heavy atom. The van der Waals surface area contributed by atoms with E-state index in [1.807, 2.05) is 20.8 Å². The fourth-order valence-corrected chi connectivity index (χ4v) is 3.03. The van der Waals surface area contributed by atoms with E-state index < -0.39 is 34.8 Å². The van der Waals surface area contributed by atoms with Crippen molar-refractivity contribution in [3.05, 3.63) is 34.9 Å². The van der Waals surface area contributed by atoms with Gasteiger partial charge in [0.15, 0.2) is 0 Å². The van der Waals surface area contributed by atoms with Crippen molar-refractivity contribution in [2.45, 2.75) is 66.7 Å². The summed E-state index contributed by atoms with van der Waals surface area (Å²) >= 11 is 0. The van der Waals surface area contributed by atoms with E-state index in [2.05, 4.69) is 0 Å². The molecule has 0 aromatic heterocycles. The van der Waals surface area contributed by atoms with Gasteiger partial charge in [-0.15, -0.1) is 0 Å². The van der Waals surface area contributed by atoms with Gasteiger partial charge in [0.05, 0.1) is 11.1 Å². The molecule has 1 nitrogen and oxygen atoms in total. The molecule has 0 aliphatic rings. The van der Waals surface area contributed by atoms with Gasteiger partial charge in [-0.1, -0.05) is 41.5 Å². The van der Waals surface area contributed by atoms with Crippen molar-refractivity contribution in [3.63, 3.8) is 0 Å². The number of hydrogen-bond acceptors (Lipinski definition) is 1. The third-order valence-electron chi connectivity index (χ3n) is 4.10. The van der Waals surface area contributed by atoms with Gasteiger partial charge in [-0.05, 0) is 42.0 Å². The molecule has 0 amide bonds. The number of rotatable bonds is 4. The monoisotopic (exact) mass is 396 g/mol. The number of hydrogen-bond donors (Lipinski definition) is 0. The van der Waals surface area contributed by atoms with E-state index in [1.165, 1.54) is 0 Å². The first-order valence-corrected chi connectivity index (χ1v) is 8.63. The normalized spacial score (nSPS) is 15.0. The molecular formula is C20H26F6O. The average molecular weight is 396 g/mol. The molecule has 1 aromatic carbocycles. The van der Waals surface area contributed by atoms with Crippen molar-refractivity contribution < 1.29 is 31.1 Å². The SMILES string of the molecule is CC(C)(C)CC(Cc1cc(C(F)(F)F)cc(C(F)(F)F)c1)C(=O)C(C)(C)C. The second-order valence-electron chi connectivity index (χ2n) is 9.19. The van der Waals surface area contributed by atoms with Crippen molar-refractivity contribution in [2.24, 2.45) is 16.7 Å². The van der Waals surface area contributed by atoms with Crippen LogP contribution in [0, 0.1) is 16.7 Å². The van der Waals surface area contributed by atoms with Crippen molar-refractivity contribution in [3.8, 4) is 0 Å². The Balaban J connectivity index is 3.41. The standard InChI is InChI=1S/C20H26F6O/c1-17(2,3)11-13(16(27)18(4,5)6)7-12-8-14(19(21,22)23)10-15(9-12)20(24,25)26/h8-10,13H,7,11H2,1-6H3. The molecule has 0 bridgehead atoms. The Labute approximate surface area is 156 Å². The first-order chi connectivity index (χ1) is 11.8. The highest BCUT2D eigenvalue weighted by Gasteiger charge is 2.38. The minimum absolute atomic E-state index is 0.105. The molecule has 0 N–H and O–H groups in total. The van der Waals surface area contributed by atoms with Gasteiger partial charge in [-0.25, -0.2) is 0 Å². The summed E-state index contributed by atoms with van der Waals surface area (Å²) in [7, 11) is 0. The largest absolute Gasteiger partial charge is 0.416 e. The molecule has 1 unspecified atom stereocenters. The third kappa shape index (κ3) is 7.18. The van der Waals surface area contributed by atoms with Gasteiger partial charge in [0.2, 0.25) is 0 Å². The number of carbonyl (C=O) groups excluding carboxylic acids is 1. The van der Waals surface area contributed by atoms with E-state index in [0.717, 1.165) is 0 Å². The van der Waals surface area contributed by atoms with Crippen LogP contribution in [0.25, 0.3) is 0 Å². The van der Waals surface area contributed by atoms with Gasteiger partial charge in [-0.2, -0.15) is 26.3 Å². The lowest BCUT2D eigenvalue weighted by molar-refractivity contribution is -0.143. The number of halogens is 6. The van der Waals surface area contributed by atoms with E-state index in [4.69, 9.17) is 0 Å². The van der Waals surface area contributed by atoms with E-state index in [-0.39, 0.29) is 29.2 Å². The van der Waals surface area contributed by atoms with Crippen molar-refractivity contribution in [2.75, 3.05) is 0 Å². The first kappa shape index (κ1) is 23.5. The highest BCUT2D eigenvalue weighted by atomic mass is 19.4. The van der Waals surface area contributed by atoms with Crippen LogP contribution in [0.3, 0.4) is 0 Å². The van der Waals surface area contributed by atoms with E-state index in [1.54, 1.807) is 20.8 Å². The van der Waals surface area contributed by atoms with Gasteiger partial charge < -0.3 is 0 Å². The fraction of sp³-hybridized carbons (Fsp3) is 0.650. The zero-order valence-corrected chi connectivity index (χ0v) is 16.4. The summed E-state index contributed by atoms with van der Waals surface area (Å²) in [5.74, 6) is -0.849. The first-order valence-electron chi connectivity index (χ1n) is 8.63. The fourth-order valence-electron chi connectivity index (χ4n) is 3.03. The molecule has 0 spiro atoms. The van der Waals surface area contributed by atoms with Crippen molar-refractivity contribution in [1.82, 2.24) is 0 Å². The lowest BCUT2D eigenvalue weighted by Gasteiger charge is -2.30. The highest BCUT2D eigenvalue weighted by molar-refractivity contribution is 5.86. The number of ketones is 1. The van der Waals surface area contributed by atoms with E-state index in [9.17, 15) is 31.1 Å². The lowest BCUT2D eigenvalue weighted by atomic mass is 9.73. The molecule has 0 aliphatic carbocycles. The Morgan fingerprint density at radius 3 is 1.52 bits per heavy atom. The number of carbonyl (C=O) groups is 1.